The van der Waals surface area contributed by atoms with E-state index in [1.165, 1.54) is 26.2 Å². The van der Waals surface area contributed by atoms with Gasteiger partial charge in [-0.15, -0.1) is 0 Å². The van der Waals surface area contributed by atoms with E-state index in [1.807, 2.05) is 6.92 Å². The lowest BCUT2D eigenvalue weighted by atomic mass is 9.49. The van der Waals surface area contributed by atoms with Gasteiger partial charge in [-0.3, -0.25) is 9.59 Å². The molecular formula is C24H38O5. The molecule has 4 rings (SSSR count). The predicted octanol–water partition coefficient (Wildman–Crippen LogP) is 4.26. The quantitative estimate of drug-likeness (QED) is 0.707. The van der Waals surface area contributed by atoms with Crippen molar-refractivity contribution < 1.29 is 24.2 Å². The van der Waals surface area contributed by atoms with E-state index >= 15 is 0 Å². The fraction of sp³-hybridized carbons (Fsp3) is 0.917. The van der Waals surface area contributed by atoms with E-state index in [0.29, 0.717) is 24.4 Å². The van der Waals surface area contributed by atoms with Crippen LogP contribution in [0.2, 0.25) is 0 Å². The van der Waals surface area contributed by atoms with Gasteiger partial charge in [0.2, 0.25) is 0 Å². The predicted molar refractivity (Wildman–Crippen MR) is 109 cm³/mol. The maximum absolute atomic E-state index is 12.2. The molecule has 0 heterocycles. The summed E-state index contributed by atoms with van der Waals surface area (Å²) in [6, 6.07) is 0. The summed E-state index contributed by atoms with van der Waals surface area (Å²) in [6.45, 7) is 5.95. The van der Waals surface area contributed by atoms with Crippen LogP contribution in [0.25, 0.3) is 0 Å². The molecule has 0 aromatic carbocycles. The Balaban J connectivity index is 1.46. The molecule has 4 fully saturated rings. The molecule has 5 heteroatoms. The highest BCUT2D eigenvalue weighted by Gasteiger charge is 2.63. The molecule has 0 radical (unpaired) electrons. The summed E-state index contributed by atoms with van der Waals surface area (Å²) in [4.78, 5) is 23.5. The van der Waals surface area contributed by atoms with Gasteiger partial charge in [-0.05, 0) is 99.7 Å². The van der Waals surface area contributed by atoms with Gasteiger partial charge in [0.05, 0.1) is 18.6 Å². The van der Waals surface area contributed by atoms with E-state index in [-0.39, 0.29) is 29.9 Å². The third kappa shape index (κ3) is 3.62. The number of carbonyl (C=O) groups excluding carboxylic acids is 2. The van der Waals surface area contributed by atoms with Gasteiger partial charge >= 0.3 is 11.9 Å². The summed E-state index contributed by atoms with van der Waals surface area (Å²) in [5, 5.41) is 11.5. The van der Waals surface area contributed by atoms with Crippen molar-refractivity contribution in [2.45, 2.75) is 96.7 Å². The van der Waals surface area contributed by atoms with Crippen LogP contribution in [0.1, 0.15) is 85.0 Å². The minimum Gasteiger partial charge on any atom is -0.466 e. The number of hydrogen-bond acceptors (Lipinski definition) is 5. The number of fused-ring (bicyclic) bond motifs is 5. The van der Waals surface area contributed by atoms with E-state index in [2.05, 4.69) is 6.92 Å². The fourth-order valence-electron chi connectivity index (χ4n) is 8.00. The first-order chi connectivity index (χ1) is 13.8. The average Bonchev–Trinajstić information content (AvgIpc) is 2.92. The maximum atomic E-state index is 12.2. The van der Waals surface area contributed by atoms with Crippen LogP contribution in [0.5, 0.6) is 0 Å². The molecule has 4 saturated carbocycles. The lowest BCUT2D eigenvalue weighted by Crippen LogP contribution is -2.54. The van der Waals surface area contributed by atoms with Crippen molar-refractivity contribution in [3.8, 4) is 0 Å². The Kier molecular flexibility index (Phi) is 5.73. The van der Waals surface area contributed by atoms with Gasteiger partial charge in [0.25, 0.3) is 0 Å². The zero-order chi connectivity index (χ0) is 20.8. The van der Waals surface area contributed by atoms with Crippen molar-refractivity contribution in [3.05, 3.63) is 0 Å². The molecule has 164 valence electrons. The van der Waals surface area contributed by atoms with Crippen LogP contribution < -0.4 is 0 Å². The fourth-order valence-corrected chi connectivity index (χ4v) is 8.00. The van der Waals surface area contributed by atoms with Crippen molar-refractivity contribution in [3.63, 3.8) is 0 Å². The molecule has 0 unspecified atom stereocenters. The second-order valence-electron chi connectivity index (χ2n) is 10.5. The van der Waals surface area contributed by atoms with Gasteiger partial charge in [-0.1, -0.05) is 6.92 Å². The second-order valence-corrected chi connectivity index (χ2v) is 10.5. The van der Waals surface area contributed by atoms with Crippen LogP contribution >= 0.6 is 0 Å². The van der Waals surface area contributed by atoms with Crippen LogP contribution in [-0.2, 0) is 19.1 Å². The third-order valence-electron chi connectivity index (χ3n) is 9.30. The summed E-state index contributed by atoms with van der Waals surface area (Å²) < 4.78 is 10.7. The van der Waals surface area contributed by atoms with Crippen molar-refractivity contribution in [1.29, 1.82) is 0 Å². The summed E-state index contributed by atoms with van der Waals surface area (Å²) >= 11 is 0. The monoisotopic (exact) mass is 406 g/mol. The van der Waals surface area contributed by atoms with Gasteiger partial charge in [-0.25, -0.2) is 0 Å². The largest absolute Gasteiger partial charge is 0.466 e. The number of rotatable bonds is 4. The van der Waals surface area contributed by atoms with Crippen LogP contribution in [0.4, 0.5) is 0 Å². The third-order valence-corrected chi connectivity index (χ3v) is 9.30. The van der Waals surface area contributed by atoms with Crippen molar-refractivity contribution in [2.75, 3.05) is 6.61 Å². The number of esters is 2. The Morgan fingerprint density at radius 2 is 1.76 bits per heavy atom. The topological polar surface area (TPSA) is 72.8 Å². The second kappa shape index (κ2) is 7.86. The number of hydrogen-bond donors (Lipinski definition) is 1. The van der Waals surface area contributed by atoms with Gasteiger partial charge < -0.3 is 14.6 Å². The van der Waals surface area contributed by atoms with E-state index in [9.17, 15) is 14.7 Å². The summed E-state index contributed by atoms with van der Waals surface area (Å²) in [6.07, 6.45) is 9.79. The smallest absolute Gasteiger partial charge is 0.308 e. The van der Waals surface area contributed by atoms with E-state index in [4.69, 9.17) is 9.47 Å². The van der Waals surface area contributed by atoms with E-state index in [0.717, 1.165) is 50.4 Å². The summed E-state index contributed by atoms with van der Waals surface area (Å²) in [5.41, 5.74) is -1.10. The first-order valence-corrected chi connectivity index (χ1v) is 11.8. The minimum absolute atomic E-state index is 0.111. The number of aliphatic hydroxyl groups is 1. The Bertz CT molecular complexity index is 647. The molecule has 29 heavy (non-hydrogen) atoms. The van der Waals surface area contributed by atoms with Crippen LogP contribution in [0, 0.1) is 35.0 Å². The van der Waals surface area contributed by atoms with E-state index < -0.39 is 5.60 Å². The van der Waals surface area contributed by atoms with Crippen molar-refractivity contribution in [2.24, 2.45) is 35.0 Å². The highest BCUT2D eigenvalue weighted by molar-refractivity contribution is 5.71. The zero-order valence-corrected chi connectivity index (χ0v) is 18.3. The summed E-state index contributed by atoms with van der Waals surface area (Å²) in [5.74, 6) is 2.91. The first kappa shape index (κ1) is 21.1. The number of ether oxygens (including phenoxy) is 2. The highest BCUT2D eigenvalue weighted by Crippen LogP contribution is 2.66. The Labute approximate surface area is 174 Å². The minimum atomic E-state index is -0.918. The lowest BCUT2D eigenvalue weighted by molar-refractivity contribution is -0.165. The maximum Gasteiger partial charge on any atom is 0.308 e. The molecule has 5 nitrogen and oxygen atoms in total. The van der Waals surface area contributed by atoms with Crippen molar-refractivity contribution >= 4 is 11.9 Å². The van der Waals surface area contributed by atoms with Crippen LogP contribution in [-0.4, -0.2) is 35.4 Å². The molecule has 4 aliphatic carbocycles. The Morgan fingerprint density at radius 1 is 1.00 bits per heavy atom. The van der Waals surface area contributed by atoms with E-state index in [1.54, 1.807) is 0 Å². The molecule has 0 aromatic rings. The molecule has 0 spiro atoms. The standard InChI is InChI=1S/C24H38O5/c1-4-28-22(26)14-24(27)12-10-21-20-7-5-16-13-17(29-15(2)25)6-8-18(16)19(20)9-11-23(21,24)3/h16-21,27H,4-14H2,1-3H3/t16-,17-,18-,19+,20+,21-,23-,24-/m0/s1. The molecule has 0 amide bonds. The average molecular weight is 407 g/mol. The van der Waals surface area contributed by atoms with Gasteiger partial charge in [0.15, 0.2) is 0 Å². The molecule has 0 aromatic heterocycles. The van der Waals surface area contributed by atoms with Crippen LogP contribution in [0.15, 0.2) is 0 Å². The molecule has 0 bridgehead atoms. The molecular weight excluding hydrogens is 368 g/mol. The van der Waals surface area contributed by atoms with Gasteiger partial charge in [0, 0.05) is 6.92 Å². The van der Waals surface area contributed by atoms with Crippen LogP contribution in [0.3, 0.4) is 0 Å². The first-order valence-electron chi connectivity index (χ1n) is 11.8. The molecule has 0 aliphatic heterocycles. The summed E-state index contributed by atoms with van der Waals surface area (Å²) in [7, 11) is 0. The molecule has 8 atom stereocenters. The molecule has 0 saturated heterocycles. The zero-order valence-electron chi connectivity index (χ0n) is 18.3. The molecule has 4 aliphatic rings. The highest BCUT2D eigenvalue weighted by atomic mass is 16.5. The van der Waals surface area contributed by atoms with Gasteiger partial charge in [-0.2, -0.15) is 0 Å². The number of carbonyl (C=O) groups is 2. The normalized spacial score (nSPS) is 46.2. The van der Waals surface area contributed by atoms with Crippen molar-refractivity contribution in [1.82, 2.24) is 0 Å². The SMILES string of the molecule is CCOC(=O)C[C@@]1(O)CC[C@H]2[C@@H]3CC[C@H]4C[C@@H](OC(C)=O)CC[C@@H]4[C@H]3CC[C@@]21C. The lowest BCUT2D eigenvalue weighted by Gasteiger charge is -2.57. The van der Waals surface area contributed by atoms with Gasteiger partial charge in [0.1, 0.15) is 6.10 Å². The Morgan fingerprint density at radius 3 is 2.48 bits per heavy atom. The Hall–Kier alpha value is -1.10. The molecule has 1 N–H and O–H groups in total.